The first-order valence-electron chi connectivity index (χ1n) is 17.1. The molecule has 290 valence electrons. The Balaban J connectivity index is 1.83. The van der Waals surface area contributed by atoms with E-state index in [1.807, 2.05) is 12.1 Å². The summed E-state index contributed by atoms with van der Waals surface area (Å²) in [5, 5.41) is 10.7. The Morgan fingerprint density at radius 1 is 1.11 bits per heavy atom. The minimum absolute atomic E-state index is 0.0335. The van der Waals surface area contributed by atoms with Gasteiger partial charge >= 0.3 is 18.3 Å². The summed E-state index contributed by atoms with van der Waals surface area (Å²) >= 11 is 0.349. The Hall–Kier alpha value is -4.47. The number of nitrogens with zero attached hydrogens (tertiary/aromatic N) is 2. The Bertz CT molecular complexity index is 1710. The maximum Gasteiger partial charge on any atom is 0.425 e. The molecule has 0 aliphatic carbocycles. The van der Waals surface area contributed by atoms with Crippen molar-refractivity contribution < 1.29 is 55.3 Å². The summed E-state index contributed by atoms with van der Waals surface area (Å²) in [6, 6.07) is 6.16. The number of carbonyl (C=O) groups excluding carboxylic acids is 2. The number of methoxy groups -OCH3 is 1. The molecular weight excluding hydrogens is 728 g/mol. The van der Waals surface area contributed by atoms with Gasteiger partial charge in [-0.1, -0.05) is 38.1 Å². The molecular formula is C37H43F6N3O6S. The number of carboxylic acid groups (broad SMARTS) is 1. The minimum atomic E-state index is -5.00. The molecule has 2 aliphatic heterocycles. The first-order chi connectivity index (χ1) is 25.0. The predicted molar refractivity (Wildman–Crippen MR) is 186 cm³/mol. The van der Waals surface area contributed by atoms with E-state index in [9.17, 15) is 41.0 Å². The third-order valence-electron chi connectivity index (χ3n) is 9.71. The van der Waals surface area contributed by atoms with Crippen molar-refractivity contribution in [1.29, 1.82) is 0 Å². The molecule has 2 fully saturated rings. The summed E-state index contributed by atoms with van der Waals surface area (Å²) in [5.74, 6) is -2.74. The number of carboxylic acids is 1. The molecule has 2 saturated heterocycles. The van der Waals surface area contributed by atoms with Gasteiger partial charge in [-0.15, -0.1) is 11.3 Å². The lowest BCUT2D eigenvalue weighted by molar-refractivity contribution is -0.169. The maximum atomic E-state index is 15.2. The van der Waals surface area contributed by atoms with E-state index in [-0.39, 0.29) is 56.9 Å². The van der Waals surface area contributed by atoms with Crippen molar-refractivity contribution in [2.75, 3.05) is 20.2 Å². The highest BCUT2D eigenvalue weighted by atomic mass is 32.1. The number of aliphatic carboxylic acids is 1. The number of alkyl halides is 6. The van der Waals surface area contributed by atoms with Crippen LogP contribution in [0.2, 0.25) is 0 Å². The number of para-hydroxylation sites is 1. The number of likely N-dealkylation sites (tertiary alicyclic amines) is 2. The second-order valence-corrected chi connectivity index (χ2v) is 13.9. The van der Waals surface area contributed by atoms with Crippen molar-refractivity contribution in [3.05, 3.63) is 82.2 Å². The van der Waals surface area contributed by atoms with E-state index in [0.717, 1.165) is 34.2 Å². The SMILES string of the molecule is C=C(C(=O)N1CCC[C@@](Oc2csc(C(F)(F)F)c2)(C(=O)N2CC[C@@H](c3ccccc3OC)C[C@@H]2CCC(=O)O)[C@H]1CCC)/C(=C\C=C/N)C(F)(F)F. The Labute approximate surface area is 307 Å². The number of ether oxygens (including phenoxy) is 2. The zero-order valence-corrected chi connectivity index (χ0v) is 30.2. The van der Waals surface area contributed by atoms with Gasteiger partial charge in [-0.05, 0) is 68.0 Å². The average molecular weight is 772 g/mol. The normalized spacial score (nSPS) is 22.9. The number of nitrogens with two attached hydrogens (primary N) is 1. The van der Waals surface area contributed by atoms with E-state index in [1.54, 1.807) is 19.1 Å². The number of carbonyl (C=O) groups is 3. The average Bonchev–Trinajstić information content (AvgIpc) is 3.59. The van der Waals surface area contributed by atoms with E-state index in [0.29, 0.717) is 42.4 Å². The summed E-state index contributed by atoms with van der Waals surface area (Å²) < 4.78 is 95.5. The van der Waals surface area contributed by atoms with Crippen molar-refractivity contribution in [1.82, 2.24) is 9.80 Å². The van der Waals surface area contributed by atoms with Crippen LogP contribution in [0.15, 0.2) is 71.8 Å². The van der Waals surface area contributed by atoms with Crippen molar-refractivity contribution >= 4 is 29.1 Å². The van der Waals surface area contributed by atoms with Gasteiger partial charge < -0.3 is 30.1 Å². The molecule has 9 nitrogen and oxygen atoms in total. The molecule has 0 radical (unpaired) electrons. The van der Waals surface area contributed by atoms with Crippen LogP contribution in [-0.4, -0.2) is 76.8 Å². The van der Waals surface area contributed by atoms with Gasteiger partial charge in [0.25, 0.3) is 11.8 Å². The van der Waals surface area contributed by atoms with E-state index < -0.39 is 63.8 Å². The van der Waals surface area contributed by atoms with E-state index >= 15 is 4.79 Å². The van der Waals surface area contributed by atoms with Crippen LogP contribution in [0.25, 0.3) is 0 Å². The molecule has 1 aromatic carbocycles. The number of benzene rings is 1. The second kappa shape index (κ2) is 17.1. The molecule has 16 heteroatoms. The van der Waals surface area contributed by atoms with Gasteiger partial charge in [-0.3, -0.25) is 14.4 Å². The van der Waals surface area contributed by atoms with Gasteiger partial charge in [0.15, 0.2) is 0 Å². The van der Waals surface area contributed by atoms with Crippen LogP contribution < -0.4 is 15.2 Å². The molecule has 4 rings (SSSR count). The van der Waals surface area contributed by atoms with Gasteiger partial charge in [0.05, 0.1) is 18.7 Å². The first kappa shape index (κ1) is 41.3. The quantitative estimate of drug-likeness (QED) is 0.121. The number of allylic oxidation sites excluding steroid dienone is 2. The molecule has 0 spiro atoms. The van der Waals surface area contributed by atoms with Crippen LogP contribution in [0.3, 0.4) is 0 Å². The predicted octanol–water partition coefficient (Wildman–Crippen LogP) is 7.84. The second-order valence-electron chi connectivity index (χ2n) is 13.0. The van der Waals surface area contributed by atoms with Crippen molar-refractivity contribution in [2.24, 2.45) is 5.73 Å². The van der Waals surface area contributed by atoms with Gasteiger partial charge in [0, 0.05) is 49.0 Å². The molecule has 2 amide bonds. The monoisotopic (exact) mass is 771 g/mol. The lowest BCUT2D eigenvalue weighted by Crippen LogP contribution is -2.69. The summed E-state index contributed by atoms with van der Waals surface area (Å²) in [6.07, 6.45) is -6.58. The number of hydrogen-bond acceptors (Lipinski definition) is 7. The smallest absolute Gasteiger partial charge is 0.425 e. The lowest BCUT2D eigenvalue weighted by atomic mass is 9.77. The van der Waals surface area contributed by atoms with Crippen LogP contribution in [0.1, 0.15) is 74.6 Å². The molecule has 53 heavy (non-hydrogen) atoms. The largest absolute Gasteiger partial charge is 0.496 e. The van der Waals surface area contributed by atoms with E-state index in [2.05, 4.69) is 6.58 Å². The van der Waals surface area contributed by atoms with Crippen molar-refractivity contribution in [3.8, 4) is 11.5 Å². The van der Waals surface area contributed by atoms with Gasteiger partial charge in [0.2, 0.25) is 5.60 Å². The number of rotatable bonds is 13. The third kappa shape index (κ3) is 9.37. The van der Waals surface area contributed by atoms with Crippen LogP contribution in [0.4, 0.5) is 26.3 Å². The van der Waals surface area contributed by atoms with Gasteiger partial charge in [-0.25, -0.2) is 0 Å². The Kier molecular flexibility index (Phi) is 13.3. The molecule has 4 atom stereocenters. The summed E-state index contributed by atoms with van der Waals surface area (Å²) in [7, 11) is 1.52. The van der Waals surface area contributed by atoms with Crippen LogP contribution in [0.5, 0.6) is 11.5 Å². The maximum absolute atomic E-state index is 15.2. The highest BCUT2D eigenvalue weighted by Gasteiger charge is 2.57. The summed E-state index contributed by atoms with van der Waals surface area (Å²) in [6.45, 7) is 5.21. The number of piperidine rings is 2. The Morgan fingerprint density at radius 3 is 2.43 bits per heavy atom. The third-order valence-corrected chi connectivity index (χ3v) is 10.7. The van der Waals surface area contributed by atoms with Crippen molar-refractivity contribution in [2.45, 2.75) is 94.2 Å². The number of amides is 2. The standard InChI is InChI=1S/C37H43F6N3O6S/c1-4-9-30-35(52-26-21-31(53-22-26)37(41,42)43,16-8-18-46(30)33(49)23(2)28(11-7-17-44)36(38,39)40)34(50)45-19-15-24(20-25(45)13-14-32(47)48)27-10-5-6-12-29(27)51-3/h5-7,10-12,17,21-22,24-25,30H,2,4,8-9,13-16,18-20,44H2,1,3H3,(H,47,48)/b17-7-,28-11+/t24-,25+,30-,35+/m1/s1. The summed E-state index contributed by atoms with van der Waals surface area (Å²) in [4.78, 5) is 42.6. The van der Waals surface area contributed by atoms with Crippen LogP contribution in [-0.2, 0) is 20.6 Å². The van der Waals surface area contributed by atoms with Crippen LogP contribution >= 0.6 is 11.3 Å². The van der Waals surface area contributed by atoms with Gasteiger partial charge in [0.1, 0.15) is 16.4 Å². The fourth-order valence-corrected chi connectivity index (χ4v) is 8.03. The zero-order chi connectivity index (χ0) is 39.1. The molecule has 3 N–H and O–H groups in total. The molecule has 0 saturated carbocycles. The highest BCUT2D eigenvalue weighted by Crippen LogP contribution is 2.45. The fraction of sp³-hybridized carbons (Fsp3) is 0.486. The van der Waals surface area contributed by atoms with Gasteiger partial charge in [-0.2, -0.15) is 26.3 Å². The molecule has 1 aromatic heterocycles. The van der Waals surface area contributed by atoms with E-state index in [4.69, 9.17) is 15.2 Å². The lowest BCUT2D eigenvalue weighted by Gasteiger charge is -2.52. The number of halogens is 6. The van der Waals surface area contributed by atoms with Crippen LogP contribution in [0, 0.1) is 0 Å². The van der Waals surface area contributed by atoms with Crippen molar-refractivity contribution in [3.63, 3.8) is 0 Å². The molecule has 0 bridgehead atoms. The topological polar surface area (TPSA) is 122 Å². The Morgan fingerprint density at radius 2 is 1.83 bits per heavy atom. The molecule has 3 heterocycles. The zero-order valence-electron chi connectivity index (χ0n) is 29.3. The fourth-order valence-electron chi connectivity index (χ4n) is 7.35. The number of hydrogen-bond donors (Lipinski definition) is 2. The number of thiophene rings is 1. The summed E-state index contributed by atoms with van der Waals surface area (Å²) in [5.41, 5.74) is 1.81. The highest BCUT2D eigenvalue weighted by molar-refractivity contribution is 7.10. The molecule has 2 aromatic rings. The first-order valence-corrected chi connectivity index (χ1v) is 18.0. The molecule has 2 aliphatic rings. The van der Waals surface area contributed by atoms with E-state index in [1.165, 1.54) is 12.0 Å². The molecule has 0 unspecified atom stereocenters. The minimum Gasteiger partial charge on any atom is -0.496 e.